The molecule has 0 saturated carbocycles. The van der Waals surface area contributed by atoms with Gasteiger partial charge in [0.2, 0.25) is 0 Å². The highest BCUT2D eigenvalue weighted by molar-refractivity contribution is 6.31. The van der Waals surface area contributed by atoms with E-state index in [0.717, 1.165) is 55.3 Å². The van der Waals surface area contributed by atoms with E-state index in [9.17, 15) is 5.11 Å². The standard InChI is InChI=1S/C15H26ClN3O/c1-11(2)7-15(10-20)5-4-6-19(9-15)8-13-14(16)12(3)17-18-13/h11,20H,4-10H2,1-3H3,(H,17,18)/t15-/m0/s1. The van der Waals surface area contributed by atoms with Crippen molar-refractivity contribution in [2.24, 2.45) is 11.3 Å². The molecule has 1 aromatic heterocycles. The van der Waals surface area contributed by atoms with Crippen LogP contribution in [0.1, 0.15) is 44.5 Å². The average Bonchev–Trinajstić information content (AvgIpc) is 2.70. The van der Waals surface area contributed by atoms with Crippen LogP contribution in [0.2, 0.25) is 5.02 Å². The predicted molar refractivity (Wildman–Crippen MR) is 81.8 cm³/mol. The minimum Gasteiger partial charge on any atom is -0.396 e. The van der Waals surface area contributed by atoms with Gasteiger partial charge >= 0.3 is 0 Å². The molecule has 4 nitrogen and oxygen atoms in total. The number of hydrogen-bond acceptors (Lipinski definition) is 3. The highest BCUT2D eigenvalue weighted by atomic mass is 35.5. The summed E-state index contributed by atoms with van der Waals surface area (Å²) in [5.74, 6) is 0.610. The monoisotopic (exact) mass is 299 g/mol. The number of aromatic nitrogens is 2. The fourth-order valence-corrected chi connectivity index (χ4v) is 3.60. The molecule has 1 aromatic rings. The molecule has 114 valence electrons. The first-order chi connectivity index (χ1) is 9.46. The molecule has 1 fully saturated rings. The molecule has 2 N–H and O–H groups in total. The molecular weight excluding hydrogens is 274 g/mol. The van der Waals surface area contributed by atoms with Crippen LogP contribution in [0.15, 0.2) is 0 Å². The maximum absolute atomic E-state index is 9.86. The number of likely N-dealkylation sites (tertiary alicyclic amines) is 1. The lowest BCUT2D eigenvalue weighted by Crippen LogP contribution is -2.45. The number of aliphatic hydroxyl groups is 1. The van der Waals surface area contributed by atoms with Gasteiger partial charge in [0.05, 0.1) is 16.4 Å². The molecule has 1 atom stereocenters. The molecule has 0 amide bonds. The van der Waals surface area contributed by atoms with Crippen molar-refractivity contribution < 1.29 is 5.11 Å². The lowest BCUT2D eigenvalue weighted by Gasteiger charge is -2.42. The number of aliphatic hydroxyl groups excluding tert-OH is 1. The van der Waals surface area contributed by atoms with Crippen molar-refractivity contribution in [3.8, 4) is 0 Å². The number of aromatic amines is 1. The van der Waals surface area contributed by atoms with E-state index >= 15 is 0 Å². The zero-order valence-electron chi connectivity index (χ0n) is 12.7. The van der Waals surface area contributed by atoms with Crippen molar-refractivity contribution in [1.29, 1.82) is 0 Å². The van der Waals surface area contributed by atoms with Gasteiger partial charge in [-0.3, -0.25) is 10.00 Å². The van der Waals surface area contributed by atoms with Gasteiger partial charge in [0, 0.05) is 25.1 Å². The number of aryl methyl sites for hydroxylation is 1. The summed E-state index contributed by atoms with van der Waals surface area (Å²) in [5, 5.41) is 17.8. The predicted octanol–water partition coefficient (Wildman–Crippen LogP) is 2.99. The van der Waals surface area contributed by atoms with Crippen LogP contribution < -0.4 is 0 Å². The van der Waals surface area contributed by atoms with Crippen molar-refractivity contribution in [3.63, 3.8) is 0 Å². The topological polar surface area (TPSA) is 52.2 Å². The Hall–Kier alpha value is -0.580. The molecule has 0 radical (unpaired) electrons. The van der Waals surface area contributed by atoms with Gasteiger partial charge in [-0.15, -0.1) is 0 Å². The Morgan fingerprint density at radius 3 is 2.80 bits per heavy atom. The Labute approximate surface area is 126 Å². The second kappa shape index (κ2) is 6.46. The largest absolute Gasteiger partial charge is 0.396 e. The number of nitrogens with one attached hydrogen (secondary N) is 1. The van der Waals surface area contributed by atoms with Gasteiger partial charge in [-0.05, 0) is 38.6 Å². The molecule has 2 rings (SSSR count). The highest BCUT2D eigenvalue weighted by Crippen LogP contribution is 2.36. The minimum absolute atomic E-state index is 0.0459. The van der Waals surface area contributed by atoms with Gasteiger partial charge in [-0.1, -0.05) is 25.4 Å². The van der Waals surface area contributed by atoms with Gasteiger partial charge in [0.25, 0.3) is 0 Å². The van der Waals surface area contributed by atoms with E-state index in [4.69, 9.17) is 11.6 Å². The fourth-order valence-electron chi connectivity index (χ4n) is 3.45. The molecule has 5 heteroatoms. The first-order valence-corrected chi connectivity index (χ1v) is 7.86. The molecule has 1 aliphatic heterocycles. The second-order valence-corrected chi connectivity index (χ2v) is 7.06. The van der Waals surface area contributed by atoms with Crippen LogP contribution in [0.4, 0.5) is 0 Å². The summed E-state index contributed by atoms with van der Waals surface area (Å²) in [5.41, 5.74) is 1.89. The van der Waals surface area contributed by atoms with Gasteiger partial charge in [0.1, 0.15) is 0 Å². The van der Waals surface area contributed by atoms with Crippen molar-refractivity contribution >= 4 is 11.6 Å². The normalized spacial score (nSPS) is 24.5. The van der Waals surface area contributed by atoms with Crippen molar-refractivity contribution in [2.45, 2.75) is 46.6 Å². The van der Waals surface area contributed by atoms with E-state index < -0.39 is 0 Å². The van der Waals surface area contributed by atoms with E-state index in [1.165, 1.54) is 0 Å². The molecule has 20 heavy (non-hydrogen) atoms. The third-order valence-corrected chi connectivity index (χ3v) is 4.73. The molecule has 0 aromatic carbocycles. The van der Waals surface area contributed by atoms with E-state index in [1.54, 1.807) is 0 Å². The molecule has 0 bridgehead atoms. The molecule has 1 aliphatic rings. The maximum atomic E-state index is 9.86. The molecule has 0 unspecified atom stereocenters. The summed E-state index contributed by atoms with van der Waals surface area (Å²) >= 11 is 6.25. The molecule has 1 saturated heterocycles. The number of piperidine rings is 1. The Morgan fingerprint density at radius 1 is 1.50 bits per heavy atom. The average molecular weight is 300 g/mol. The van der Waals surface area contributed by atoms with E-state index in [0.29, 0.717) is 5.92 Å². The molecule has 0 spiro atoms. The van der Waals surface area contributed by atoms with Gasteiger partial charge in [-0.2, -0.15) is 5.10 Å². The number of H-pyrrole nitrogens is 1. The third-order valence-electron chi connectivity index (χ3n) is 4.23. The van der Waals surface area contributed by atoms with E-state index in [-0.39, 0.29) is 12.0 Å². The highest BCUT2D eigenvalue weighted by Gasteiger charge is 2.35. The lowest BCUT2D eigenvalue weighted by molar-refractivity contribution is 0.0128. The Kier molecular flexibility index (Phi) is 5.10. The first-order valence-electron chi connectivity index (χ1n) is 7.48. The van der Waals surface area contributed by atoms with Crippen LogP contribution in [0.5, 0.6) is 0 Å². The SMILES string of the molecule is Cc1[nH]nc(CN2CCC[C@](CO)(CC(C)C)C2)c1Cl. The number of rotatable bonds is 5. The van der Waals surface area contributed by atoms with Crippen LogP contribution in [-0.2, 0) is 6.54 Å². The Bertz CT molecular complexity index is 446. The smallest absolute Gasteiger partial charge is 0.0951 e. The fraction of sp³-hybridized carbons (Fsp3) is 0.800. The summed E-state index contributed by atoms with van der Waals surface area (Å²) < 4.78 is 0. The quantitative estimate of drug-likeness (QED) is 0.879. The molecule has 2 heterocycles. The van der Waals surface area contributed by atoms with E-state index in [1.807, 2.05) is 6.92 Å². The Morgan fingerprint density at radius 2 is 2.25 bits per heavy atom. The summed E-state index contributed by atoms with van der Waals surface area (Å²) in [7, 11) is 0. The van der Waals surface area contributed by atoms with Gasteiger partial charge in [0.15, 0.2) is 0 Å². The van der Waals surface area contributed by atoms with Crippen molar-refractivity contribution in [3.05, 3.63) is 16.4 Å². The summed E-state index contributed by atoms with van der Waals surface area (Å²) in [6.45, 7) is 9.42. The summed E-state index contributed by atoms with van der Waals surface area (Å²) in [6.07, 6.45) is 3.33. The van der Waals surface area contributed by atoms with Crippen LogP contribution in [-0.4, -0.2) is 39.9 Å². The summed E-state index contributed by atoms with van der Waals surface area (Å²) in [6, 6.07) is 0. The zero-order valence-corrected chi connectivity index (χ0v) is 13.5. The van der Waals surface area contributed by atoms with Gasteiger partial charge < -0.3 is 5.11 Å². The van der Waals surface area contributed by atoms with Crippen LogP contribution in [0, 0.1) is 18.3 Å². The van der Waals surface area contributed by atoms with Crippen molar-refractivity contribution in [2.75, 3.05) is 19.7 Å². The third kappa shape index (κ3) is 3.54. The van der Waals surface area contributed by atoms with Crippen LogP contribution in [0.25, 0.3) is 0 Å². The first kappa shape index (κ1) is 15.8. The van der Waals surface area contributed by atoms with E-state index in [2.05, 4.69) is 28.9 Å². The van der Waals surface area contributed by atoms with Gasteiger partial charge in [-0.25, -0.2) is 0 Å². The summed E-state index contributed by atoms with van der Waals surface area (Å²) in [4.78, 5) is 2.38. The lowest BCUT2D eigenvalue weighted by atomic mass is 9.74. The zero-order chi connectivity index (χ0) is 14.8. The second-order valence-electron chi connectivity index (χ2n) is 6.68. The van der Waals surface area contributed by atoms with Crippen molar-refractivity contribution in [1.82, 2.24) is 15.1 Å². The van der Waals surface area contributed by atoms with Crippen LogP contribution in [0.3, 0.4) is 0 Å². The molecule has 0 aliphatic carbocycles. The number of halogens is 1. The minimum atomic E-state index is 0.0459. The number of hydrogen-bond donors (Lipinski definition) is 2. The van der Waals surface area contributed by atoms with Crippen LogP contribution >= 0.6 is 11.6 Å². The Balaban J connectivity index is 2.04. The number of nitrogens with zero attached hydrogens (tertiary/aromatic N) is 2. The maximum Gasteiger partial charge on any atom is 0.0951 e. The molecular formula is C15H26ClN3O.